The number of benzene rings is 1. The number of aliphatic hydroxyl groups excluding tert-OH is 1. The molecule has 6 nitrogen and oxygen atoms in total. The Morgan fingerprint density at radius 3 is 2.50 bits per heavy atom. The van der Waals surface area contributed by atoms with Gasteiger partial charge in [0, 0.05) is 36.6 Å². The SMILES string of the molecule is C=C1C(C)C2C(Cc3ccccc3)NC(=O)C23C(OC(C)=O)/C=C/C(C)C(=O)C(C)C/C=C/C3C1O. The van der Waals surface area contributed by atoms with Gasteiger partial charge in [0.1, 0.15) is 17.3 Å². The Labute approximate surface area is 213 Å². The number of esters is 1. The maximum atomic E-state index is 14.1. The largest absolute Gasteiger partial charge is 0.457 e. The van der Waals surface area contributed by atoms with Gasteiger partial charge in [0.15, 0.2) is 0 Å². The standard InChI is InChI=1S/C30H37NO5/c1-17-10-9-13-23-28(34)20(4)19(3)26-24(16-22-11-7-6-8-12-22)31-29(35)30(23,26)25(36-21(5)32)15-14-18(2)27(17)33/h6-9,11-15,17-19,23-26,28,34H,4,10,16H2,1-3,5H3,(H,31,35)/b13-9+,15-14+. The van der Waals surface area contributed by atoms with Crippen molar-refractivity contribution >= 4 is 17.7 Å². The number of hydrogen-bond acceptors (Lipinski definition) is 5. The second-order valence-corrected chi connectivity index (χ2v) is 10.7. The van der Waals surface area contributed by atoms with E-state index in [-0.39, 0.29) is 35.5 Å². The lowest BCUT2D eigenvalue weighted by Crippen LogP contribution is -2.60. The van der Waals surface area contributed by atoms with Gasteiger partial charge in [-0.05, 0) is 36.0 Å². The van der Waals surface area contributed by atoms with Gasteiger partial charge in [0.25, 0.3) is 0 Å². The van der Waals surface area contributed by atoms with Crippen LogP contribution in [0.5, 0.6) is 0 Å². The Hall–Kier alpha value is -2.99. The van der Waals surface area contributed by atoms with Crippen LogP contribution in [0.2, 0.25) is 0 Å². The topological polar surface area (TPSA) is 92.7 Å². The van der Waals surface area contributed by atoms with Crippen molar-refractivity contribution < 1.29 is 24.2 Å². The zero-order valence-corrected chi connectivity index (χ0v) is 21.5. The number of Topliss-reactive ketones (excluding diaryl/α,β-unsaturated/α-hetero) is 1. The maximum absolute atomic E-state index is 14.1. The van der Waals surface area contributed by atoms with Gasteiger partial charge in [-0.15, -0.1) is 0 Å². The van der Waals surface area contributed by atoms with Gasteiger partial charge >= 0.3 is 5.97 Å². The van der Waals surface area contributed by atoms with Gasteiger partial charge in [-0.25, -0.2) is 0 Å². The Morgan fingerprint density at radius 1 is 1.14 bits per heavy atom. The van der Waals surface area contributed by atoms with E-state index in [0.717, 1.165) is 5.56 Å². The van der Waals surface area contributed by atoms with Crippen LogP contribution in [0.3, 0.4) is 0 Å². The minimum atomic E-state index is -1.26. The Kier molecular flexibility index (Phi) is 7.37. The Bertz CT molecular complexity index is 1090. The molecule has 0 aromatic heterocycles. The van der Waals surface area contributed by atoms with Crippen LogP contribution in [0.15, 0.2) is 66.8 Å². The predicted molar refractivity (Wildman–Crippen MR) is 138 cm³/mol. The summed E-state index contributed by atoms with van der Waals surface area (Å²) >= 11 is 0. The number of allylic oxidation sites excluding steroid dienone is 2. The van der Waals surface area contributed by atoms with Crippen LogP contribution in [0, 0.1) is 35.0 Å². The quantitative estimate of drug-likeness (QED) is 0.496. The average Bonchev–Trinajstić information content (AvgIpc) is 3.13. The van der Waals surface area contributed by atoms with Crippen molar-refractivity contribution in [3.8, 4) is 0 Å². The lowest BCUT2D eigenvalue weighted by molar-refractivity contribution is -0.166. The molecule has 1 saturated carbocycles. The van der Waals surface area contributed by atoms with Crippen LogP contribution in [-0.2, 0) is 25.5 Å². The fraction of sp³-hybridized carbons (Fsp3) is 0.500. The molecule has 36 heavy (non-hydrogen) atoms. The fourth-order valence-corrected chi connectivity index (χ4v) is 6.65. The number of nitrogens with one attached hydrogen (secondary N) is 1. The molecule has 3 aliphatic rings. The number of carbonyl (C=O) groups excluding carboxylic acids is 3. The second kappa shape index (κ2) is 10.2. The van der Waals surface area contributed by atoms with Crippen molar-refractivity contribution in [2.45, 2.75) is 58.8 Å². The molecule has 1 aromatic rings. The summed E-state index contributed by atoms with van der Waals surface area (Å²) < 4.78 is 5.88. The first kappa shape index (κ1) is 26.1. The second-order valence-electron chi connectivity index (χ2n) is 10.7. The van der Waals surface area contributed by atoms with E-state index < -0.39 is 35.4 Å². The van der Waals surface area contributed by atoms with Crippen LogP contribution in [0.1, 0.15) is 39.7 Å². The molecular formula is C30H37NO5. The van der Waals surface area contributed by atoms with Crippen LogP contribution < -0.4 is 5.32 Å². The first-order valence-corrected chi connectivity index (χ1v) is 12.9. The summed E-state index contributed by atoms with van der Waals surface area (Å²) in [4.78, 5) is 39.4. The van der Waals surface area contributed by atoms with Crippen LogP contribution in [-0.4, -0.2) is 41.0 Å². The molecule has 1 spiro atoms. The van der Waals surface area contributed by atoms with Gasteiger partial charge in [0.2, 0.25) is 5.91 Å². The highest BCUT2D eigenvalue weighted by Gasteiger charge is 2.68. The number of ether oxygens (including phenoxy) is 1. The highest BCUT2D eigenvalue weighted by Crippen LogP contribution is 2.58. The molecule has 2 N–H and O–H groups in total. The summed E-state index contributed by atoms with van der Waals surface area (Å²) in [5.41, 5.74) is 0.493. The van der Waals surface area contributed by atoms with Crippen LogP contribution in [0.4, 0.5) is 0 Å². The molecular weight excluding hydrogens is 454 g/mol. The summed E-state index contributed by atoms with van der Waals surface area (Å²) in [6.07, 6.45) is 6.34. The Morgan fingerprint density at radius 2 is 1.83 bits per heavy atom. The van der Waals surface area contributed by atoms with E-state index >= 15 is 0 Å². The van der Waals surface area contributed by atoms with Gasteiger partial charge in [-0.3, -0.25) is 14.4 Å². The average molecular weight is 492 g/mol. The highest BCUT2D eigenvalue weighted by atomic mass is 16.5. The highest BCUT2D eigenvalue weighted by molar-refractivity contribution is 5.89. The van der Waals surface area contributed by atoms with E-state index in [9.17, 15) is 19.5 Å². The monoisotopic (exact) mass is 491 g/mol. The molecule has 0 radical (unpaired) electrons. The van der Waals surface area contributed by atoms with E-state index in [2.05, 4.69) is 11.9 Å². The summed E-state index contributed by atoms with van der Waals surface area (Å²) in [6.45, 7) is 11.2. The molecule has 192 valence electrons. The third kappa shape index (κ3) is 4.36. The van der Waals surface area contributed by atoms with Crippen molar-refractivity contribution in [1.82, 2.24) is 5.32 Å². The normalized spacial score (nSPS) is 40.3. The maximum Gasteiger partial charge on any atom is 0.303 e. The van der Waals surface area contributed by atoms with Crippen LogP contribution >= 0.6 is 0 Å². The lowest BCUT2D eigenvalue weighted by Gasteiger charge is -2.52. The molecule has 9 unspecified atom stereocenters. The van der Waals surface area contributed by atoms with Crippen molar-refractivity contribution in [2.75, 3.05) is 0 Å². The number of ketones is 1. The van der Waals surface area contributed by atoms with Gasteiger partial charge in [-0.2, -0.15) is 0 Å². The molecule has 1 aromatic carbocycles. The molecule has 1 saturated heterocycles. The smallest absolute Gasteiger partial charge is 0.303 e. The van der Waals surface area contributed by atoms with E-state index in [1.807, 2.05) is 63.3 Å². The molecule has 2 fully saturated rings. The summed E-state index contributed by atoms with van der Waals surface area (Å²) in [5, 5.41) is 14.7. The molecule has 9 atom stereocenters. The zero-order chi connectivity index (χ0) is 26.2. The van der Waals surface area contributed by atoms with Crippen LogP contribution in [0.25, 0.3) is 0 Å². The van der Waals surface area contributed by atoms with Crippen molar-refractivity contribution in [1.29, 1.82) is 0 Å². The molecule has 2 aliphatic carbocycles. The molecule has 1 aliphatic heterocycles. The predicted octanol–water partition coefficient (Wildman–Crippen LogP) is 3.80. The number of hydrogen-bond donors (Lipinski definition) is 2. The Balaban J connectivity index is 1.92. The zero-order valence-electron chi connectivity index (χ0n) is 21.5. The summed E-state index contributed by atoms with van der Waals surface area (Å²) in [7, 11) is 0. The van der Waals surface area contributed by atoms with Gasteiger partial charge in [0.05, 0.1) is 6.10 Å². The van der Waals surface area contributed by atoms with Gasteiger partial charge in [-0.1, -0.05) is 75.9 Å². The van der Waals surface area contributed by atoms with Gasteiger partial charge < -0.3 is 15.2 Å². The third-order valence-electron chi connectivity index (χ3n) is 8.49. The van der Waals surface area contributed by atoms with Crippen molar-refractivity contribution in [3.63, 3.8) is 0 Å². The molecule has 1 heterocycles. The summed E-state index contributed by atoms with van der Waals surface area (Å²) in [5.74, 6) is -2.49. The van der Waals surface area contributed by atoms with E-state index in [4.69, 9.17) is 4.74 Å². The number of amides is 1. The van der Waals surface area contributed by atoms with Crippen molar-refractivity contribution in [3.05, 3.63) is 72.4 Å². The lowest BCUT2D eigenvalue weighted by atomic mass is 9.51. The minimum Gasteiger partial charge on any atom is -0.457 e. The number of carbonyl (C=O) groups is 3. The minimum absolute atomic E-state index is 0.0764. The molecule has 6 heteroatoms. The first-order valence-electron chi connectivity index (χ1n) is 12.9. The van der Waals surface area contributed by atoms with E-state index in [1.165, 1.54) is 6.92 Å². The summed E-state index contributed by atoms with van der Waals surface area (Å²) in [6, 6.07) is 9.71. The third-order valence-corrected chi connectivity index (χ3v) is 8.49. The number of aliphatic hydroxyl groups is 1. The fourth-order valence-electron chi connectivity index (χ4n) is 6.65. The first-order chi connectivity index (χ1) is 17.1. The number of rotatable bonds is 3. The van der Waals surface area contributed by atoms with E-state index in [1.54, 1.807) is 12.2 Å². The molecule has 1 amide bonds. The molecule has 4 rings (SSSR count). The van der Waals surface area contributed by atoms with E-state index in [0.29, 0.717) is 18.4 Å². The molecule has 0 bridgehead atoms. The van der Waals surface area contributed by atoms with Crippen molar-refractivity contribution in [2.24, 2.45) is 35.0 Å².